The highest BCUT2D eigenvalue weighted by Gasteiger charge is 2.33. The molecule has 4 amide bonds. The number of anilines is 2. The summed E-state index contributed by atoms with van der Waals surface area (Å²) in [5.41, 5.74) is 3.87. The molecule has 2 aromatic carbocycles. The summed E-state index contributed by atoms with van der Waals surface area (Å²) in [6.07, 6.45) is -1.69. The maximum Gasteiger partial charge on any atom is 0.417 e. The van der Waals surface area contributed by atoms with E-state index in [0.29, 0.717) is 17.2 Å². The monoisotopic (exact) mass is 533 g/mol. The molecule has 0 saturated heterocycles. The highest BCUT2D eigenvalue weighted by atomic mass is 35.5. The first-order valence-electron chi connectivity index (χ1n) is 10.9. The molecule has 1 aliphatic rings. The Bertz CT molecular complexity index is 1330. The number of aromatic nitrogens is 1. The number of hydrogen-bond donors (Lipinski definition) is 4. The molecule has 4 N–H and O–H groups in total. The van der Waals surface area contributed by atoms with Crippen molar-refractivity contribution in [1.82, 2.24) is 15.8 Å². The fourth-order valence-corrected chi connectivity index (χ4v) is 3.31. The number of halogens is 4. The molecule has 0 aliphatic heterocycles. The van der Waals surface area contributed by atoms with Crippen molar-refractivity contribution in [3.63, 3.8) is 0 Å². The van der Waals surface area contributed by atoms with Crippen LogP contribution in [0.25, 0.3) is 0 Å². The van der Waals surface area contributed by atoms with Crippen LogP contribution in [-0.4, -0.2) is 22.8 Å². The summed E-state index contributed by atoms with van der Waals surface area (Å²) in [6.45, 7) is 0. The van der Waals surface area contributed by atoms with Gasteiger partial charge in [0, 0.05) is 29.6 Å². The number of nitrogens with zero attached hydrogens (tertiary/aromatic N) is 1. The number of carbonyl (C=O) groups excluding carboxylic acids is 3. The summed E-state index contributed by atoms with van der Waals surface area (Å²) >= 11 is 5.58. The molecule has 1 saturated carbocycles. The van der Waals surface area contributed by atoms with Gasteiger partial charge in [-0.1, -0.05) is 11.6 Å². The lowest BCUT2D eigenvalue weighted by atomic mass is 10.2. The maximum absolute atomic E-state index is 13.0. The predicted molar refractivity (Wildman–Crippen MR) is 128 cm³/mol. The van der Waals surface area contributed by atoms with Crippen molar-refractivity contribution in [2.45, 2.75) is 19.0 Å². The van der Waals surface area contributed by atoms with E-state index in [-0.39, 0.29) is 23.2 Å². The summed E-state index contributed by atoms with van der Waals surface area (Å²) in [5.74, 6) is -0.241. The maximum atomic E-state index is 13.0. The number of benzene rings is 2. The van der Waals surface area contributed by atoms with Crippen LogP contribution < -0.4 is 26.2 Å². The van der Waals surface area contributed by atoms with Crippen molar-refractivity contribution in [2.24, 2.45) is 5.92 Å². The average Bonchev–Trinajstić information content (AvgIpc) is 3.70. The molecule has 0 bridgehead atoms. The van der Waals surface area contributed by atoms with E-state index in [2.05, 4.69) is 26.5 Å². The van der Waals surface area contributed by atoms with Crippen LogP contribution in [0.4, 0.5) is 29.3 Å². The summed E-state index contributed by atoms with van der Waals surface area (Å²) < 4.78 is 44.7. The predicted octanol–water partition coefficient (Wildman–Crippen LogP) is 5.36. The van der Waals surface area contributed by atoms with Crippen molar-refractivity contribution in [3.05, 3.63) is 77.1 Å². The zero-order valence-corrected chi connectivity index (χ0v) is 19.6. The Labute approximate surface area is 213 Å². The van der Waals surface area contributed by atoms with Crippen LogP contribution in [0.2, 0.25) is 5.02 Å². The lowest BCUT2D eigenvalue weighted by Crippen LogP contribution is -2.42. The minimum Gasteiger partial charge on any atom is -0.457 e. The van der Waals surface area contributed by atoms with Crippen LogP contribution in [0.15, 0.2) is 60.8 Å². The minimum absolute atomic E-state index is 0.0273. The Morgan fingerprint density at radius 3 is 2.24 bits per heavy atom. The highest BCUT2D eigenvalue weighted by Crippen LogP contribution is 2.36. The Balaban J connectivity index is 1.32. The van der Waals surface area contributed by atoms with Gasteiger partial charge in [0.25, 0.3) is 5.91 Å². The number of hydrazine groups is 1. The number of alkyl halides is 3. The second kappa shape index (κ2) is 10.7. The van der Waals surface area contributed by atoms with Gasteiger partial charge < -0.3 is 15.4 Å². The zero-order chi connectivity index (χ0) is 26.6. The van der Waals surface area contributed by atoms with Crippen LogP contribution >= 0.6 is 11.6 Å². The molecular weight excluding hydrogens is 515 g/mol. The molecule has 0 atom stereocenters. The summed E-state index contributed by atoms with van der Waals surface area (Å²) in [4.78, 5) is 40.0. The Morgan fingerprint density at radius 1 is 0.892 bits per heavy atom. The summed E-state index contributed by atoms with van der Waals surface area (Å²) in [5, 5.41) is 4.34. The van der Waals surface area contributed by atoms with Gasteiger partial charge in [0.05, 0.1) is 10.6 Å². The molecule has 13 heteroatoms. The lowest BCUT2D eigenvalue weighted by Gasteiger charge is -2.12. The van der Waals surface area contributed by atoms with Crippen LogP contribution in [0, 0.1) is 5.92 Å². The topological polar surface area (TPSA) is 121 Å². The number of urea groups is 1. The van der Waals surface area contributed by atoms with E-state index >= 15 is 0 Å². The normalized spacial score (nSPS) is 12.9. The number of ether oxygens (including phenoxy) is 1. The Morgan fingerprint density at radius 2 is 1.57 bits per heavy atom. The van der Waals surface area contributed by atoms with Crippen molar-refractivity contribution >= 4 is 40.8 Å². The fraction of sp³-hybridized carbons (Fsp3) is 0.167. The van der Waals surface area contributed by atoms with E-state index in [1.165, 1.54) is 48.7 Å². The number of hydrogen-bond acceptors (Lipinski definition) is 5. The average molecular weight is 534 g/mol. The molecular formula is C24H19ClF3N5O4. The first-order chi connectivity index (χ1) is 17.6. The van der Waals surface area contributed by atoms with E-state index in [1.807, 2.05) is 0 Å². The van der Waals surface area contributed by atoms with Crippen molar-refractivity contribution in [2.75, 3.05) is 10.6 Å². The van der Waals surface area contributed by atoms with Gasteiger partial charge in [0.15, 0.2) is 0 Å². The number of amides is 4. The van der Waals surface area contributed by atoms with E-state index in [1.54, 1.807) is 0 Å². The quantitative estimate of drug-likeness (QED) is 0.318. The van der Waals surface area contributed by atoms with Crippen molar-refractivity contribution in [3.8, 4) is 11.5 Å². The van der Waals surface area contributed by atoms with Gasteiger partial charge >= 0.3 is 12.2 Å². The number of pyridine rings is 1. The minimum atomic E-state index is -4.66. The van der Waals surface area contributed by atoms with E-state index in [9.17, 15) is 27.6 Å². The molecule has 9 nitrogen and oxygen atoms in total. The Hall–Kier alpha value is -4.32. The number of nitrogens with one attached hydrogen (secondary N) is 4. The van der Waals surface area contributed by atoms with Gasteiger partial charge in [-0.3, -0.25) is 25.4 Å². The standard InChI is InChI=1S/C24H19ClF3N5O4/c25-19-8-5-15(11-18(19)24(26,27)28)31-23(36)30-14-3-6-16(7-4-14)37-17-9-10-29-20(12-17)22(35)33-32-21(34)13-1-2-13/h3-13H,1-2H2,(H,32,34)(H,33,35)(H2,30,31,36). The molecule has 37 heavy (non-hydrogen) atoms. The molecule has 0 radical (unpaired) electrons. The van der Waals surface area contributed by atoms with Crippen LogP contribution in [0.3, 0.4) is 0 Å². The molecule has 0 spiro atoms. The van der Waals surface area contributed by atoms with Gasteiger partial charge in [-0.2, -0.15) is 13.2 Å². The van der Waals surface area contributed by atoms with Gasteiger partial charge in [0.2, 0.25) is 5.91 Å². The van der Waals surface area contributed by atoms with Gasteiger partial charge in [-0.05, 0) is 61.4 Å². The van der Waals surface area contributed by atoms with Crippen LogP contribution in [0.1, 0.15) is 28.9 Å². The van der Waals surface area contributed by atoms with E-state index in [4.69, 9.17) is 16.3 Å². The molecule has 4 rings (SSSR count). The van der Waals surface area contributed by atoms with Gasteiger partial charge in [0.1, 0.15) is 17.2 Å². The first kappa shape index (κ1) is 25.8. The summed E-state index contributed by atoms with van der Waals surface area (Å²) in [6, 6.07) is 11.3. The van der Waals surface area contributed by atoms with Crippen molar-refractivity contribution < 1.29 is 32.3 Å². The fourth-order valence-electron chi connectivity index (χ4n) is 3.08. The smallest absolute Gasteiger partial charge is 0.417 e. The van der Waals surface area contributed by atoms with Gasteiger partial charge in [-0.25, -0.2) is 4.79 Å². The van der Waals surface area contributed by atoms with E-state index in [0.717, 1.165) is 25.0 Å². The third kappa shape index (κ3) is 7.10. The summed E-state index contributed by atoms with van der Waals surface area (Å²) in [7, 11) is 0. The van der Waals surface area contributed by atoms with E-state index < -0.39 is 28.7 Å². The second-order valence-corrected chi connectivity index (χ2v) is 8.40. The van der Waals surface area contributed by atoms with Crippen LogP contribution in [0.5, 0.6) is 11.5 Å². The molecule has 1 heterocycles. The van der Waals surface area contributed by atoms with Crippen molar-refractivity contribution in [1.29, 1.82) is 0 Å². The molecule has 1 fully saturated rings. The third-order valence-electron chi connectivity index (χ3n) is 5.09. The molecule has 1 aromatic heterocycles. The van der Waals surface area contributed by atoms with Gasteiger partial charge in [-0.15, -0.1) is 0 Å². The molecule has 1 aliphatic carbocycles. The second-order valence-electron chi connectivity index (χ2n) is 7.99. The lowest BCUT2D eigenvalue weighted by molar-refractivity contribution is -0.137. The number of carbonyl (C=O) groups is 3. The highest BCUT2D eigenvalue weighted by molar-refractivity contribution is 6.31. The first-order valence-corrected chi connectivity index (χ1v) is 11.3. The third-order valence-corrected chi connectivity index (χ3v) is 5.42. The zero-order valence-electron chi connectivity index (χ0n) is 18.9. The largest absolute Gasteiger partial charge is 0.457 e. The SMILES string of the molecule is O=C(Nc1ccc(Oc2ccnc(C(=O)NNC(=O)C3CC3)c2)cc1)Nc1ccc(Cl)c(C(F)(F)F)c1. The molecule has 3 aromatic rings. The molecule has 0 unspecified atom stereocenters. The Kier molecular flexibility index (Phi) is 7.48. The molecule has 192 valence electrons. The number of rotatable bonds is 6. The van der Waals surface area contributed by atoms with Crippen LogP contribution in [-0.2, 0) is 11.0 Å².